The van der Waals surface area contributed by atoms with E-state index in [0.29, 0.717) is 16.9 Å². The highest BCUT2D eigenvalue weighted by atomic mass is 16.7. The summed E-state index contributed by atoms with van der Waals surface area (Å²) in [6.07, 6.45) is 0.143. The second-order valence-electron chi connectivity index (χ2n) is 4.89. The Morgan fingerprint density at radius 1 is 1.25 bits per heavy atom. The summed E-state index contributed by atoms with van der Waals surface area (Å²) in [6, 6.07) is 10.8. The average Bonchev–Trinajstić information content (AvgIpc) is 2.59. The zero-order chi connectivity index (χ0) is 17.7. The molecule has 0 saturated heterocycles. The number of hydrogen-bond donors (Lipinski definition) is 2. The zero-order valence-corrected chi connectivity index (χ0v) is 13.1. The van der Waals surface area contributed by atoms with E-state index < -0.39 is 10.9 Å². The van der Waals surface area contributed by atoms with Crippen molar-refractivity contribution in [3.63, 3.8) is 0 Å². The number of nitrogens with two attached hydrogens (primary N) is 1. The molecule has 0 spiro atoms. The van der Waals surface area contributed by atoms with Crippen LogP contribution in [0, 0.1) is 23.2 Å². The largest absolute Gasteiger partial charge is 0.499 e. The molecule has 0 amide bonds. The number of methoxy groups -OCH3 is 1. The van der Waals surface area contributed by atoms with E-state index in [1.807, 2.05) is 0 Å². The molecule has 8 nitrogen and oxygen atoms in total. The van der Waals surface area contributed by atoms with Crippen molar-refractivity contribution >= 4 is 11.7 Å². The first-order valence-corrected chi connectivity index (χ1v) is 6.91. The van der Waals surface area contributed by atoms with E-state index in [1.54, 1.807) is 38.3 Å². The topological polar surface area (TPSA) is 117 Å². The maximum Gasteiger partial charge on any atom is 0.356 e. The molecule has 0 aliphatic rings. The summed E-state index contributed by atoms with van der Waals surface area (Å²) in [7, 11) is 1.55. The van der Waals surface area contributed by atoms with Gasteiger partial charge in [-0.05, 0) is 25.2 Å². The first-order chi connectivity index (χ1) is 11.4. The summed E-state index contributed by atoms with van der Waals surface area (Å²) in [5.74, 6) is -0.0330. The summed E-state index contributed by atoms with van der Waals surface area (Å²) in [5.41, 5.74) is 9.25. The zero-order valence-electron chi connectivity index (χ0n) is 13.1. The molecule has 0 saturated carbocycles. The van der Waals surface area contributed by atoms with Crippen LogP contribution in [0.15, 0.2) is 42.5 Å². The van der Waals surface area contributed by atoms with E-state index in [-0.39, 0.29) is 17.4 Å². The van der Waals surface area contributed by atoms with Crippen molar-refractivity contribution in [1.82, 2.24) is 5.48 Å². The molecule has 2 aromatic rings. The Hall–Kier alpha value is -3.10. The highest BCUT2D eigenvalue weighted by Gasteiger charge is 2.15. The molecular weight excluding hydrogens is 314 g/mol. The van der Waals surface area contributed by atoms with Crippen molar-refractivity contribution in [2.24, 2.45) is 5.73 Å². The smallest absolute Gasteiger partial charge is 0.356 e. The van der Waals surface area contributed by atoms with Gasteiger partial charge in [-0.1, -0.05) is 12.1 Å². The van der Waals surface area contributed by atoms with Crippen molar-refractivity contribution in [3.8, 4) is 5.75 Å². The lowest BCUT2D eigenvalue weighted by molar-refractivity contribution is -0.385. The van der Waals surface area contributed by atoms with Crippen LogP contribution >= 0.6 is 0 Å². The van der Waals surface area contributed by atoms with Gasteiger partial charge in [-0.3, -0.25) is 10.1 Å². The molecule has 3 N–H and O–H groups in total. The molecule has 0 atom stereocenters. The summed E-state index contributed by atoms with van der Waals surface area (Å²) in [5, 5.41) is 10.8. The van der Waals surface area contributed by atoms with Crippen molar-refractivity contribution in [1.29, 1.82) is 0 Å². The fourth-order valence-electron chi connectivity index (χ4n) is 1.98. The van der Waals surface area contributed by atoms with Gasteiger partial charge in [0.05, 0.1) is 23.3 Å². The Balaban J connectivity index is 1.99. The summed E-state index contributed by atoms with van der Waals surface area (Å²) >= 11 is 0. The molecular formula is C16H16N3O5-. The number of carbonyl (C=O) groups is 1. The molecule has 8 heteroatoms. The van der Waals surface area contributed by atoms with Gasteiger partial charge in [0.15, 0.2) is 0 Å². The minimum atomic E-state index is -0.704. The van der Waals surface area contributed by atoms with E-state index in [0.717, 1.165) is 0 Å². The molecule has 0 aromatic heterocycles. The van der Waals surface area contributed by atoms with Crippen LogP contribution in [0.1, 0.15) is 21.5 Å². The lowest BCUT2D eigenvalue weighted by Crippen LogP contribution is -2.32. The number of rotatable bonds is 6. The quantitative estimate of drug-likeness (QED) is 0.473. The van der Waals surface area contributed by atoms with Crippen molar-refractivity contribution in [2.45, 2.75) is 6.92 Å². The van der Waals surface area contributed by atoms with Gasteiger partial charge in [-0.25, -0.2) is 4.79 Å². The van der Waals surface area contributed by atoms with Crippen LogP contribution in [0.2, 0.25) is 0 Å². The van der Waals surface area contributed by atoms with Crippen LogP contribution in [0.5, 0.6) is 5.75 Å². The van der Waals surface area contributed by atoms with Gasteiger partial charge in [0, 0.05) is 11.6 Å². The first-order valence-electron chi connectivity index (χ1n) is 6.91. The number of aryl methyl sites for hydroxylation is 1. The molecule has 126 valence electrons. The molecule has 0 aliphatic heterocycles. The third-order valence-electron chi connectivity index (χ3n) is 3.28. The molecule has 2 rings (SSSR count). The van der Waals surface area contributed by atoms with E-state index in [9.17, 15) is 14.9 Å². The molecule has 24 heavy (non-hydrogen) atoms. The predicted octanol–water partition coefficient (Wildman–Crippen LogP) is 2.07. The van der Waals surface area contributed by atoms with Gasteiger partial charge in [-0.15, -0.1) is 0 Å². The van der Waals surface area contributed by atoms with E-state index >= 15 is 0 Å². The van der Waals surface area contributed by atoms with Crippen molar-refractivity contribution in [2.75, 3.05) is 7.11 Å². The number of hydrogen-bond acceptors (Lipinski definition) is 7. The molecule has 0 aliphatic carbocycles. The van der Waals surface area contributed by atoms with Gasteiger partial charge in [0.1, 0.15) is 0 Å². The van der Waals surface area contributed by atoms with Gasteiger partial charge < -0.3 is 15.3 Å². The SMILES string of the molecule is COc1ccc([C-](N)NOC(=O)c2ccc([N+](=O)[O-])c(C)c2)cc1. The van der Waals surface area contributed by atoms with E-state index in [2.05, 4.69) is 5.48 Å². The van der Waals surface area contributed by atoms with Crippen LogP contribution in [0.3, 0.4) is 0 Å². The second kappa shape index (κ2) is 7.44. The minimum absolute atomic E-state index is 0.0659. The molecule has 0 unspecified atom stereocenters. The van der Waals surface area contributed by atoms with Gasteiger partial charge >= 0.3 is 5.97 Å². The highest BCUT2D eigenvalue weighted by Crippen LogP contribution is 2.19. The number of nitro groups is 1. The number of nitro benzene ring substituents is 1. The Bertz CT molecular complexity index is 746. The van der Waals surface area contributed by atoms with Crippen LogP contribution in [-0.4, -0.2) is 18.0 Å². The minimum Gasteiger partial charge on any atom is -0.499 e. The normalized spacial score (nSPS) is 10.1. The third-order valence-corrected chi connectivity index (χ3v) is 3.28. The number of nitrogens with zero attached hydrogens (tertiary/aromatic N) is 1. The van der Waals surface area contributed by atoms with Gasteiger partial charge in [0.25, 0.3) is 5.69 Å². The second-order valence-corrected chi connectivity index (χ2v) is 4.89. The standard InChI is InChI=1S/C16H16N3O5/c1-10-9-12(5-8-14(10)19(21)22)16(20)24-18-15(17)11-3-6-13(23-2)7-4-11/h3-9,18H,17H2,1-2H3/q-1. The predicted molar refractivity (Wildman–Crippen MR) is 85.9 cm³/mol. The molecule has 2 aromatic carbocycles. The number of carbonyl (C=O) groups excluding carboxylic acids is 1. The molecule has 0 bridgehead atoms. The molecule has 0 fully saturated rings. The Morgan fingerprint density at radius 3 is 2.46 bits per heavy atom. The Morgan fingerprint density at radius 2 is 1.92 bits per heavy atom. The lowest BCUT2D eigenvalue weighted by atomic mass is 10.1. The lowest BCUT2D eigenvalue weighted by Gasteiger charge is -2.21. The maximum atomic E-state index is 12.0. The summed E-state index contributed by atoms with van der Waals surface area (Å²) in [4.78, 5) is 27.1. The molecule has 0 heterocycles. The summed E-state index contributed by atoms with van der Waals surface area (Å²) < 4.78 is 5.04. The Labute approximate surface area is 138 Å². The first kappa shape index (κ1) is 17.3. The maximum absolute atomic E-state index is 12.0. The number of hydroxylamine groups is 1. The van der Waals surface area contributed by atoms with Crippen LogP contribution in [0.4, 0.5) is 5.69 Å². The fraction of sp³-hybridized carbons (Fsp3) is 0.125. The van der Waals surface area contributed by atoms with E-state index in [4.69, 9.17) is 15.3 Å². The highest BCUT2D eigenvalue weighted by molar-refractivity contribution is 5.89. The number of benzene rings is 2. The molecule has 0 radical (unpaired) electrons. The average molecular weight is 330 g/mol. The van der Waals surface area contributed by atoms with Crippen molar-refractivity contribution in [3.05, 3.63) is 75.4 Å². The van der Waals surface area contributed by atoms with Crippen LogP contribution in [0.25, 0.3) is 0 Å². The number of nitrogens with one attached hydrogen (secondary N) is 1. The Kier molecular flexibility index (Phi) is 5.35. The van der Waals surface area contributed by atoms with Gasteiger partial charge in [-0.2, -0.15) is 23.2 Å². The number of ether oxygens (including phenoxy) is 1. The fourth-order valence-corrected chi connectivity index (χ4v) is 1.98. The van der Waals surface area contributed by atoms with Crippen LogP contribution < -0.4 is 16.0 Å². The van der Waals surface area contributed by atoms with Crippen molar-refractivity contribution < 1.29 is 19.3 Å². The summed E-state index contributed by atoms with van der Waals surface area (Å²) in [6.45, 7) is 1.54. The third kappa shape index (κ3) is 4.00. The monoisotopic (exact) mass is 330 g/mol. The van der Waals surface area contributed by atoms with E-state index in [1.165, 1.54) is 18.2 Å². The van der Waals surface area contributed by atoms with Crippen LogP contribution in [-0.2, 0) is 4.84 Å². The van der Waals surface area contributed by atoms with Gasteiger partial charge in [0.2, 0.25) is 0 Å².